The summed E-state index contributed by atoms with van der Waals surface area (Å²) in [5, 5.41) is 0. The summed E-state index contributed by atoms with van der Waals surface area (Å²) in [4.78, 5) is 0. The van der Waals surface area contributed by atoms with Crippen molar-refractivity contribution in [2.24, 2.45) is 11.8 Å². The minimum Gasteiger partial charge on any atom is -0.204 e. The van der Waals surface area contributed by atoms with Crippen LogP contribution >= 0.6 is 0 Å². The summed E-state index contributed by atoms with van der Waals surface area (Å²) >= 11 is 0. The summed E-state index contributed by atoms with van der Waals surface area (Å²) in [5.74, 6) is -5.19. The van der Waals surface area contributed by atoms with Gasteiger partial charge in [0.05, 0.1) is 0 Å². The van der Waals surface area contributed by atoms with E-state index in [-0.39, 0.29) is 17.9 Å². The Balaban J connectivity index is 2.75. The Bertz CT molecular complexity index is 563. The maximum absolute atomic E-state index is 14.2. The summed E-state index contributed by atoms with van der Waals surface area (Å²) in [7, 11) is 0. The molecule has 0 N–H and O–H groups in total. The van der Waals surface area contributed by atoms with Crippen LogP contribution in [0, 0.1) is 35.1 Å². The van der Waals surface area contributed by atoms with Gasteiger partial charge in [-0.2, -0.15) is 0 Å². The minimum absolute atomic E-state index is 0.0774. The van der Waals surface area contributed by atoms with Crippen LogP contribution in [0.3, 0.4) is 0 Å². The summed E-state index contributed by atoms with van der Waals surface area (Å²) in [6.45, 7) is 7.46. The quantitative estimate of drug-likeness (QED) is 0.383. The van der Waals surface area contributed by atoms with Gasteiger partial charge in [0.15, 0.2) is 23.3 Å². The van der Waals surface area contributed by atoms with E-state index < -0.39 is 34.2 Å². The molecule has 0 aromatic heterocycles. The smallest absolute Gasteiger partial charge is 0.166 e. The van der Waals surface area contributed by atoms with Crippen molar-refractivity contribution in [1.82, 2.24) is 0 Å². The van der Waals surface area contributed by atoms with Crippen molar-refractivity contribution in [3.05, 3.63) is 46.5 Å². The first-order valence-electron chi connectivity index (χ1n) is 7.20. The number of halogens is 4. The standard InChI is InChI=1S/C17H20F4/c1-9(2)11-6-5-10(3)8-17(11,4)14-15(20)12(18)7-13(19)16(14)21/h7-9,11H,5-6H2,1-4H3/t11?,17-/m0/s1. The van der Waals surface area contributed by atoms with Crippen LogP contribution in [0.2, 0.25) is 0 Å². The second-order valence-corrected chi connectivity index (χ2v) is 6.51. The largest absolute Gasteiger partial charge is 0.204 e. The Kier molecular flexibility index (Phi) is 4.18. The van der Waals surface area contributed by atoms with Gasteiger partial charge in [-0.25, -0.2) is 17.6 Å². The van der Waals surface area contributed by atoms with E-state index in [9.17, 15) is 17.6 Å². The molecule has 0 amide bonds. The maximum Gasteiger partial charge on any atom is 0.166 e. The van der Waals surface area contributed by atoms with E-state index in [0.29, 0.717) is 0 Å². The lowest BCUT2D eigenvalue weighted by Gasteiger charge is -2.42. The van der Waals surface area contributed by atoms with E-state index in [2.05, 4.69) is 0 Å². The first kappa shape index (κ1) is 16.1. The van der Waals surface area contributed by atoms with Gasteiger partial charge in [0, 0.05) is 17.0 Å². The van der Waals surface area contributed by atoms with E-state index in [0.717, 1.165) is 18.4 Å². The average Bonchev–Trinajstić information content (AvgIpc) is 2.35. The van der Waals surface area contributed by atoms with E-state index >= 15 is 0 Å². The number of rotatable bonds is 2. The lowest BCUT2D eigenvalue weighted by atomic mass is 9.62. The fourth-order valence-electron chi connectivity index (χ4n) is 3.70. The zero-order valence-electron chi connectivity index (χ0n) is 12.7. The van der Waals surface area contributed by atoms with Gasteiger partial charge in [0.2, 0.25) is 0 Å². The molecule has 0 bridgehead atoms. The fraction of sp³-hybridized carbons (Fsp3) is 0.529. The van der Waals surface area contributed by atoms with Gasteiger partial charge in [-0.1, -0.05) is 32.4 Å². The summed E-state index contributed by atoms with van der Waals surface area (Å²) in [6, 6.07) is 0.265. The highest BCUT2D eigenvalue weighted by Gasteiger charge is 2.43. The highest BCUT2D eigenvalue weighted by atomic mass is 19.2. The fourth-order valence-corrected chi connectivity index (χ4v) is 3.70. The molecule has 4 heteroatoms. The molecule has 2 rings (SSSR count). The Morgan fingerprint density at radius 2 is 1.62 bits per heavy atom. The number of hydrogen-bond acceptors (Lipinski definition) is 0. The molecule has 116 valence electrons. The monoisotopic (exact) mass is 300 g/mol. The first-order valence-corrected chi connectivity index (χ1v) is 7.20. The van der Waals surface area contributed by atoms with Gasteiger partial charge >= 0.3 is 0 Å². The minimum atomic E-state index is -1.34. The van der Waals surface area contributed by atoms with Crippen LogP contribution in [0.5, 0.6) is 0 Å². The van der Waals surface area contributed by atoms with Crippen molar-refractivity contribution in [3.8, 4) is 0 Å². The normalized spacial score (nSPS) is 26.1. The van der Waals surface area contributed by atoms with Gasteiger partial charge in [-0.3, -0.25) is 0 Å². The van der Waals surface area contributed by atoms with E-state index in [1.54, 1.807) is 13.0 Å². The topological polar surface area (TPSA) is 0 Å². The maximum atomic E-state index is 14.2. The zero-order valence-corrected chi connectivity index (χ0v) is 12.7. The molecule has 0 heterocycles. The Labute approximate surface area is 122 Å². The van der Waals surface area contributed by atoms with Gasteiger partial charge < -0.3 is 0 Å². The molecule has 1 aromatic carbocycles. The van der Waals surface area contributed by atoms with Crippen molar-refractivity contribution in [2.45, 2.75) is 46.0 Å². The lowest BCUT2D eigenvalue weighted by Crippen LogP contribution is -2.38. The van der Waals surface area contributed by atoms with Crippen molar-refractivity contribution in [3.63, 3.8) is 0 Å². The number of hydrogen-bond donors (Lipinski definition) is 0. The van der Waals surface area contributed by atoms with E-state index in [4.69, 9.17) is 0 Å². The second kappa shape index (κ2) is 5.47. The van der Waals surface area contributed by atoms with Crippen LogP contribution in [-0.2, 0) is 5.41 Å². The van der Waals surface area contributed by atoms with Gasteiger partial charge in [-0.15, -0.1) is 0 Å². The van der Waals surface area contributed by atoms with E-state index in [1.165, 1.54) is 0 Å². The van der Waals surface area contributed by atoms with Crippen LogP contribution in [0.15, 0.2) is 17.7 Å². The van der Waals surface area contributed by atoms with E-state index in [1.807, 2.05) is 20.8 Å². The molecular formula is C17H20F4. The number of allylic oxidation sites excluding steroid dienone is 2. The Morgan fingerprint density at radius 3 is 2.10 bits per heavy atom. The van der Waals surface area contributed by atoms with Gasteiger partial charge in [0.1, 0.15) is 0 Å². The first-order chi connectivity index (χ1) is 9.68. The van der Waals surface area contributed by atoms with Crippen LogP contribution in [0.25, 0.3) is 0 Å². The van der Waals surface area contributed by atoms with Crippen LogP contribution in [-0.4, -0.2) is 0 Å². The molecule has 1 aliphatic rings. The molecule has 21 heavy (non-hydrogen) atoms. The second-order valence-electron chi connectivity index (χ2n) is 6.51. The van der Waals surface area contributed by atoms with Crippen LogP contribution in [0.1, 0.15) is 46.1 Å². The average molecular weight is 300 g/mol. The van der Waals surface area contributed by atoms with Crippen molar-refractivity contribution >= 4 is 0 Å². The molecule has 0 spiro atoms. The van der Waals surface area contributed by atoms with Gasteiger partial charge in [-0.05, 0) is 31.6 Å². The lowest BCUT2D eigenvalue weighted by molar-refractivity contribution is 0.222. The van der Waals surface area contributed by atoms with Crippen molar-refractivity contribution in [2.75, 3.05) is 0 Å². The Hall–Kier alpha value is -1.32. The molecule has 1 unspecified atom stereocenters. The molecule has 0 aliphatic heterocycles. The predicted molar refractivity (Wildman–Crippen MR) is 74.9 cm³/mol. The molecule has 0 saturated heterocycles. The molecular weight excluding hydrogens is 280 g/mol. The Morgan fingerprint density at radius 1 is 1.10 bits per heavy atom. The van der Waals surface area contributed by atoms with Crippen LogP contribution < -0.4 is 0 Å². The molecule has 0 radical (unpaired) electrons. The predicted octanol–water partition coefficient (Wildman–Crippen LogP) is 5.51. The highest BCUT2D eigenvalue weighted by Crippen LogP contribution is 2.47. The van der Waals surface area contributed by atoms with Crippen molar-refractivity contribution in [1.29, 1.82) is 0 Å². The summed E-state index contributed by atoms with van der Waals surface area (Å²) in [6.07, 6.45) is 3.34. The van der Waals surface area contributed by atoms with Gasteiger partial charge in [0.25, 0.3) is 0 Å². The SMILES string of the molecule is CC1=C[C@](C)(c2c(F)c(F)cc(F)c2F)C(C(C)C)CC1. The third kappa shape index (κ3) is 2.60. The summed E-state index contributed by atoms with van der Waals surface area (Å²) in [5.41, 5.74) is -0.552. The number of benzene rings is 1. The molecule has 2 atom stereocenters. The zero-order chi connectivity index (χ0) is 15.9. The third-order valence-electron chi connectivity index (χ3n) is 4.62. The molecule has 1 aliphatic carbocycles. The summed E-state index contributed by atoms with van der Waals surface area (Å²) < 4.78 is 55.6. The molecule has 1 aromatic rings. The van der Waals surface area contributed by atoms with Crippen molar-refractivity contribution < 1.29 is 17.6 Å². The van der Waals surface area contributed by atoms with Crippen LogP contribution in [0.4, 0.5) is 17.6 Å². The highest BCUT2D eigenvalue weighted by molar-refractivity contribution is 5.38. The molecule has 0 nitrogen and oxygen atoms in total. The third-order valence-corrected chi connectivity index (χ3v) is 4.62. The molecule has 0 fully saturated rings. The molecule has 0 saturated carbocycles.